The van der Waals surface area contributed by atoms with E-state index >= 15 is 0 Å². The molecule has 0 fully saturated rings. The Bertz CT molecular complexity index is 306. The monoisotopic (exact) mass is 248 g/mol. The average molecular weight is 249 g/mol. The molecule has 1 aliphatic carbocycles. The molecule has 0 saturated carbocycles. The molecule has 0 radical (unpaired) electrons. The maximum absolute atomic E-state index is 11.0. The van der Waals surface area contributed by atoms with Gasteiger partial charge in [-0.05, 0) is 29.1 Å². The van der Waals surface area contributed by atoms with Crippen LogP contribution >= 0.6 is 23.2 Å². The largest absolute Gasteiger partial charge is 0.281 e. The van der Waals surface area contributed by atoms with Crippen LogP contribution in [0, 0.1) is 11.8 Å². The summed E-state index contributed by atoms with van der Waals surface area (Å²) in [5.41, 5.74) is 0.275. The molecule has 0 aromatic rings. The van der Waals surface area contributed by atoms with Gasteiger partial charge in [-0.15, -0.1) is 0 Å². The molecule has 0 saturated heterocycles. The van der Waals surface area contributed by atoms with Crippen molar-refractivity contribution in [1.82, 2.24) is 0 Å². The highest BCUT2D eigenvalue weighted by molar-refractivity contribution is 6.70. The van der Waals surface area contributed by atoms with Crippen molar-refractivity contribution in [3.8, 4) is 0 Å². The van der Waals surface area contributed by atoms with Crippen molar-refractivity contribution in [3.63, 3.8) is 0 Å². The maximum Gasteiger partial charge on any atom is 0.249 e. The first-order valence-corrected chi connectivity index (χ1v) is 5.57. The predicted octanol–water partition coefficient (Wildman–Crippen LogP) is 3.29. The van der Waals surface area contributed by atoms with E-state index in [0.29, 0.717) is 0 Å². The molecule has 0 bridgehead atoms. The summed E-state index contributed by atoms with van der Waals surface area (Å²) in [5.74, 6) is -0.677. The summed E-state index contributed by atoms with van der Waals surface area (Å²) < 4.78 is 0. The standard InChI is InChI=1S/C9H8Cl2O2.C2H6/c1-5-3-2-4-6(8(10)12)7(5)9(11)13;1-2/h2-5,7H,1H3;1-2H3. The predicted molar refractivity (Wildman–Crippen MR) is 62.9 cm³/mol. The van der Waals surface area contributed by atoms with E-state index in [-0.39, 0.29) is 11.5 Å². The van der Waals surface area contributed by atoms with Crippen molar-refractivity contribution < 1.29 is 9.59 Å². The number of carbonyl (C=O) groups excluding carboxylic acids is 2. The van der Waals surface area contributed by atoms with E-state index in [4.69, 9.17) is 23.2 Å². The van der Waals surface area contributed by atoms with E-state index in [1.165, 1.54) is 6.08 Å². The van der Waals surface area contributed by atoms with Gasteiger partial charge in [-0.25, -0.2) is 0 Å². The molecule has 15 heavy (non-hydrogen) atoms. The van der Waals surface area contributed by atoms with Crippen LogP contribution in [0.25, 0.3) is 0 Å². The Morgan fingerprint density at radius 1 is 1.27 bits per heavy atom. The van der Waals surface area contributed by atoms with Gasteiger partial charge in [-0.3, -0.25) is 9.59 Å². The number of rotatable bonds is 2. The first-order valence-electron chi connectivity index (χ1n) is 4.81. The van der Waals surface area contributed by atoms with E-state index in [9.17, 15) is 9.59 Å². The van der Waals surface area contributed by atoms with Crippen LogP contribution in [0.1, 0.15) is 20.8 Å². The highest BCUT2D eigenvalue weighted by Crippen LogP contribution is 2.29. The van der Waals surface area contributed by atoms with Crippen molar-refractivity contribution in [2.75, 3.05) is 0 Å². The minimum Gasteiger partial charge on any atom is -0.281 e. The zero-order chi connectivity index (χ0) is 12.0. The highest BCUT2D eigenvalue weighted by Gasteiger charge is 2.30. The second-order valence-electron chi connectivity index (χ2n) is 2.92. The molecule has 0 amide bonds. The summed E-state index contributed by atoms with van der Waals surface area (Å²) in [5, 5.41) is -1.16. The molecule has 1 aliphatic rings. The van der Waals surface area contributed by atoms with Gasteiger partial charge in [-0.2, -0.15) is 0 Å². The van der Waals surface area contributed by atoms with Gasteiger partial charge in [-0.1, -0.05) is 39.0 Å². The Kier molecular flexibility index (Phi) is 6.53. The topological polar surface area (TPSA) is 34.1 Å². The molecule has 0 aromatic carbocycles. The quantitative estimate of drug-likeness (QED) is 0.703. The summed E-state index contributed by atoms with van der Waals surface area (Å²) in [6.45, 7) is 5.81. The molecule has 0 aliphatic heterocycles. The van der Waals surface area contributed by atoms with Crippen LogP contribution in [0.5, 0.6) is 0 Å². The molecular formula is C11H14Cl2O2. The average Bonchev–Trinajstić information content (AvgIpc) is 2.19. The molecule has 0 N–H and O–H groups in total. The van der Waals surface area contributed by atoms with Gasteiger partial charge in [0.1, 0.15) is 0 Å². The number of hydrogen-bond donors (Lipinski definition) is 0. The smallest absolute Gasteiger partial charge is 0.249 e. The third-order valence-corrected chi connectivity index (χ3v) is 2.48. The fourth-order valence-electron chi connectivity index (χ4n) is 1.35. The van der Waals surface area contributed by atoms with Gasteiger partial charge in [0.05, 0.1) is 5.92 Å². The lowest BCUT2D eigenvalue weighted by Crippen LogP contribution is -2.23. The maximum atomic E-state index is 11.0. The molecule has 84 valence electrons. The SMILES string of the molecule is CC.CC1C=CC=C(C(=O)Cl)C1C(=O)Cl. The second-order valence-corrected chi connectivity index (χ2v) is 3.64. The van der Waals surface area contributed by atoms with Gasteiger partial charge in [0.15, 0.2) is 0 Å². The summed E-state index contributed by atoms with van der Waals surface area (Å²) in [7, 11) is 0. The van der Waals surface area contributed by atoms with E-state index < -0.39 is 16.4 Å². The van der Waals surface area contributed by atoms with Gasteiger partial charge in [0.25, 0.3) is 0 Å². The lowest BCUT2D eigenvalue weighted by Gasteiger charge is -2.20. The van der Waals surface area contributed by atoms with Crippen LogP contribution in [0.15, 0.2) is 23.8 Å². The van der Waals surface area contributed by atoms with E-state index in [2.05, 4.69) is 0 Å². The fourth-order valence-corrected chi connectivity index (χ4v) is 1.85. The van der Waals surface area contributed by atoms with Gasteiger partial charge < -0.3 is 0 Å². The van der Waals surface area contributed by atoms with Gasteiger partial charge >= 0.3 is 0 Å². The van der Waals surface area contributed by atoms with Crippen molar-refractivity contribution >= 4 is 33.7 Å². The molecular weight excluding hydrogens is 235 g/mol. The van der Waals surface area contributed by atoms with Crippen LogP contribution < -0.4 is 0 Å². The van der Waals surface area contributed by atoms with Gasteiger partial charge in [0.2, 0.25) is 10.5 Å². The summed E-state index contributed by atoms with van der Waals surface area (Å²) >= 11 is 10.7. The van der Waals surface area contributed by atoms with Crippen molar-refractivity contribution in [2.24, 2.45) is 11.8 Å². The summed E-state index contributed by atoms with van der Waals surface area (Å²) in [6.07, 6.45) is 5.05. The van der Waals surface area contributed by atoms with Crippen LogP contribution in [-0.2, 0) is 9.59 Å². The molecule has 4 heteroatoms. The highest BCUT2D eigenvalue weighted by atomic mass is 35.5. The number of carbonyl (C=O) groups is 2. The van der Waals surface area contributed by atoms with Crippen molar-refractivity contribution in [2.45, 2.75) is 20.8 Å². The van der Waals surface area contributed by atoms with Crippen molar-refractivity contribution in [3.05, 3.63) is 23.8 Å². The molecule has 0 spiro atoms. The molecule has 2 unspecified atom stereocenters. The van der Waals surface area contributed by atoms with Gasteiger partial charge in [0, 0.05) is 5.57 Å². The Morgan fingerprint density at radius 2 is 1.80 bits per heavy atom. The van der Waals surface area contributed by atoms with Crippen LogP contribution in [0.2, 0.25) is 0 Å². The second kappa shape index (κ2) is 6.81. The Morgan fingerprint density at radius 3 is 2.13 bits per heavy atom. The van der Waals surface area contributed by atoms with E-state index in [1.807, 2.05) is 26.8 Å². The van der Waals surface area contributed by atoms with E-state index in [0.717, 1.165) is 0 Å². The summed E-state index contributed by atoms with van der Waals surface area (Å²) in [4.78, 5) is 21.9. The minimum absolute atomic E-state index is 0.0762. The molecule has 2 atom stereocenters. The molecule has 0 heterocycles. The number of allylic oxidation sites excluding steroid dienone is 4. The van der Waals surface area contributed by atoms with Crippen LogP contribution in [0.4, 0.5) is 0 Å². The van der Waals surface area contributed by atoms with Crippen LogP contribution in [-0.4, -0.2) is 10.5 Å². The normalized spacial score (nSPS) is 23.7. The first-order chi connectivity index (χ1) is 7.04. The molecule has 1 rings (SSSR count). The Balaban J connectivity index is 0.000000921. The zero-order valence-electron chi connectivity index (χ0n) is 8.96. The van der Waals surface area contributed by atoms with Crippen molar-refractivity contribution in [1.29, 1.82) is 0 Å². The molecule has 2 nitrogen and oxygen atoms in total. The Hall–Kier alpha value is -0.600. The van der Waals surface area contributed by atoms with E-state index in [1.54, 1.807) is 6.08 Å². The minimum atomic E-state index is -0.616. The third kappa shape index (κ3) is 3.80. The first kappa shape index (κ1) is 14.4. The zero-order valence-corrected chi connectivity index (χ0v) is 10.5. The summed E-state index contributed by atoms with van der Waals surface area (Å²) in [6, 6.07) is 0. The fraction of sp³-hybridized carbons (Fsp3) is 0.455. The lowest BCUT2D eigenvalue weighted by atomic mass is 9.85. The van der Waals surface area contributed by atoms with Crippen LogP contribution in [0.3, 0.4) is 0 Å². The Labute approximate surface area is 99.9 Å². The third-order valence-electron chi connectivity index (χ3n) is 2.02. The number of halogens is 2. The molecule has 0 aromatic heterocycles. The lowest BCUT2D eigenvalue weighted by molar-refractivity contribution is -0.117. The number of hydrogen-bond acceptors (Lipinski definition) is 2.